The third kappa shape index (κ3) is 3.64. The molecule has 0 spiro atoms. The summed E-state index contributed by atoms with van der Waals surface area (Å²) in [4.78, 5) is 32.0. The predicted octanol–water partition coefficient (Wildman–Crippen LogP) is 1.43. The number of ether oxygens (including phenoxy) is 1. The Balaban J connectivity index is 1.19. The summed E-state index contributed by atoms with van der Waals surface area (Å²) >= 11 is 5.87. The summed E-state index contributed by atoms with van der Waals surface area (Å²) in [7, 11) is 1.82. The van der Waals surface area contributed by atoms with Gasteiger partial charge in [0.05, 0.1) is 11.5 Å². The zero-order chi connectivity index (χ0) is 20.1. The molecule has 9 heteroatoms. The summed E-state index contributed by atoms with van der Waals surface area (Å²) in [6, 6.07) is 0.174. The van der Waals surface area contributed by atoms with E-state index >= 15 is 0 Å². The van der Waals surface area contributed by atoms with E-state index in [-0.39, 0.29) is 48.1 Å². The summed E-state index contributed by atoms with van der Waals surface area (Å²) in [6.07, 6.45) is 2.69. The van der Waals surface area contributed by atoms with Gasteiger partial charge in [0.1, 0.15) is 12.8 Å². The van der Waals surface area contributed by atoms with Crippen LogP contribution >= 0.6 is 11.6 Å². The van der Waals surface area contributed by atoms with Gasteiger partial charge in [-0.1, -0.05) is 0 Å². The molecule has 1 heterocycles. The van der Waals surface area contributed by atoms with Gasteiger partial charge in [0.2, 0.25) is 5.91 Å². The second kappa shape index (κ2) is 7.38. The molecule has 5 unspecified atom stereocenters. The molecule has 7 nitrogen and oxygen atoms in total. The Labute approximate surface area is 169 Å². The minimum atomic E-state index is -1.07. The maximum atomic E-state index is 13.7. The fourth-order valence-electron chi connectivity index (χ4n) is 5.16. The van der Waals surface area contributed by atoms with E-state index in [1.54, 1.807) is 4.90 Å². The van der Waals surface area contributed by atoms with Crippen LogP contribution in [0.4, 0.5) is 4.39 Å². The van der Waals surface area contributed by atoms with Crippen molar-refractivity contribution in [2.45, 2.75) is 92.7 Å². The summed E-state index contributed by atoms with van der Waals surface area (Å²) in [5, 5.41) is 2.60. The van der Waals surface area contributed by atoms with Gasteiger partial charge in [0.15, 0.2) is 6.10 Å². The number of amides is 2. The number of likely N-dealkylation sites (N-methyl/N-ethyl adjacent to an activating group) is 1. The smallest absolute Gasteiger partial charge is 0.254 e. The predicted molar refractivity (Wildman–Crippen MR) is 100 cm³/mol. The lowest BCUT2D eigenvalue weighted by Crippen LogP contribution is -2.84. The quantitative estimate of drug-likeness (QED) is 0.639. The van der Waals surface area contributed by atoms with Gasteiger partial charge in [0, 0.05) is 37.0 Å². The molecule has 4 aliphatic carbocycles. The molecule has 1 aliphatic heterocycles. The van der Waals surface area contributed by atoms with Gasteiger partial charge in [-0.2, -0.15) is 5.48 Å². The molecule has 5 atom stereocenters. The van der Waals surface area contributed by atoms with Gasteiger partial charge in [-0.3, -0.25) is 14.4 Å². The number of carbonyl (C=O) groups is 2. The molecule has 0 radical (unpaired) electrons. The van der Waals surface area contributed by atoms with Crippen LogP contribution in [0.15, 0.2) is 0 Å². The lowest BCUT2D eigenvalue weighted by atomic mass is 9.43. The monoisotopic (exact) mass is 417 g/mol. The van der Waals surface area contributed by atoms with Crippen LogP contribution in [0.3, 0.4) is 0 Å². The highest BCUT2D eigenvalue weighted by atomic mass is 35.5. The van der Waals surface area contributed by atoms with Gasteiger partial charge < -0.3 is 15.0 Å². The highest BCUT2D eigenvalue weighted by molar-refractivity contribution is 6.21. The van der Waals surface area contributed by atoms with Crippen LogP contribution < -0.4 is 10.8 Å². The van der Waals surface area contributed by atoms with E-state index < -0.39 is 17.7 Å². The summed E-state index contributed by atoms with van der Waals surface area (Å²) < 4.78 is 19.2. The molecule has 5 fully saturated rings. The lowest BCUT2D eigenvalue weighted by Gasteiger charge is -2.73. The van der Waals surface area contributed by atoms with Gasteiger partial charge in [-0.15, -0.1) is 11.6 Å². The molecule has 2 bridgehead atoms. The van der Waals surface area contributed by atoms with Crippen LogP contribution in [-0.2, 0) is 19.2 Å². The molecule has 2 N–H and O–H groups in total. The van der Waals surface area contributed by atoms with Gasteiger partial charge in [0.25, 0.3) is 5.91 Å². The maximum Gasteiger partial charge on any atom is 0.254 e. The second-order valence-corrected chi connectivity index (χ2v) is 9.68. The minimum Gasteiger partial charge on any atom is -0.368 e. The van der Waals surface area contributed by atoms with E-state index in [4.69, 9.17) is 21.2 Å². The number of carbonyl (C=O) groups excluding carboxylic acids is 2. The molecule has 1 saturated heterocycles. The lowest BCUT2D eigenvalue weighted by molar-refractivity contribution is -0.194. The topological polar surface area (TPSA) is 79.9 Å². The molecular weight excluding hydrogens is 389 g/mol. The molecule has 0 aromatic heterocycles. The van der Waals surface area contributed by atoms with Gasteiger partial charge in [-0.05, 0) is 39.0 Å². The molecular formula is C19H29ClFN3O4. The SMILES string of the molecule is CC1CC(C(=O)N(C)C23CC(NC(=O)COC4CCC(Cl)C(F)C4)(C2)C3)ON1. The first-order chi connectivity index (χ1) is 13.2. The van der Waals surface area contributed by atoms with Crippen molar-refractivity contribution in [3.05, 3.63) is 0 Å². The number of alkyl halides is 2. The van der Waals surface area contributed by atoms with Crippen molar-refractivity contribution >= 4 is 23.4 Å². The minimum absolute atomic E-state index is 0.00418. The van der Waals surface area contributed by atoms with Crippen molar-refractivity contribution in [2.24, 2.45) is 0 Å². The molecule has 2 amide bonds. The molecule has 4 saturated carbocycles. The first-order valence-electron chi connectivity index (χ1n) is 10.1. The average Bonchev–Trinajstić information content (AvgIpc) is 3.03. The number of hydrogen-bond donors (Lipinski definition) is 2. The zero-order valence-electron chi connectivity index (χ0n) is 16.4. The van der Waals surface area contributed by atoms with Crippen LogP contribution in [0.2, 0.25) is 0 Å². The number of halogens is 2. The number of nitrogens with one attached hydrogen (secondary N) is 2. The third-order valence-electron chi connectivity index (χ3n) is 6.80. The highest BCUT2D eigenvalue weighted by Gasteiger charge is 2.71. The van der Waals surface area contributed by atoms with Crippen LogP contribution in [-0.4, -0.2) is 71.2 Å². The Hall–Kier alpha value is -0.960. The van der Waals surface area contributed by atoms with Crippen LogP contribution in [0.1, 0.15) is 51.9 Å². The van der Waals surface area contributed by atoms with Gasteiger partial charge >= 0.3 is 0 Å². The van der Waals surface area contributed by atoms with E-state index in [2.05, 4.69) is 10.8 Å². The Morgan fingerprint density at radius 1 is 1.32 bits per heavy atom. The van der Waals surface area contributed by atoms with Crippen LogP contribution in [0, 0.1) is 0 Å². The Morgan fingerprint density at radius 3 is 2.64 bits per heavy atom. The fourth-order valence-corrected chi connectivity index (χ4v) is 5.39. The standard InChI is InChI=1S/C19H29ClFN3O4/c1-11-5-15(28-23-11)17(26)24(2)19-8-18(9-19,10-19)22-16(25)7-27-12-3-4-13(20)14(21)6-12/h11-15,23H,3-10H2,1-2H3,(H,22,25). The van der Waals surface area contributed by atoms with Crippen molar-refractivity contribution in [3.8, 4) is 0 Å². The Bertz CT molecular complexity index is 631. The summed E-state index contributed by atoms with van der Waals surface area (Å²) in [5.41, 5.74) is 2.44. The summed E-state index contributed by atoms with van der Waals surface area (Å²) in [5.74, 6) is -0.182. The molecule has 5 rings (SSSR count). The average molecular weight is 418 g/mol. The highest BCUT2D eigenvalue weighted by Crippen LogP contribution is 2.63. The van der Waals surface area contributed by atoms with Crippen molar-refractivity contribution in [2.75, 3.05) is 13.7 Å². The number of hydrogen-bond acceptors (Lipinski definition) is 5. The van der Waals surface area contributed by atoms with Crippen LogP contribution in [0.25, 0.3) is 0 Å². The van der Waals surface area contributed by atoms with E-state index in [1.165, 1.54) is 0 Å². The van der Waals surface area contributed by atoms with Crippen molar-refractivity contribution in [3.63, 3.8) is 0 Å². The number of rotatable bonds is 6. The van der Waals surface area contributed by atoms with Crippen molar-refractivity contribution in [1.82, 2.24) is 15.7 Å². The third-order valence-corrected chi connectivity index (χ3v) is 7.29. The maximum absolute atomic E-state index is 13.7. The Morgan fingerprint density at radius 2 is 2.04 bits per heavy atom. The first kappa shape index (κ1) is 20.3. The van der Waals surface area contributed by atoms with Gasteiger partial charge in [-0.25, -0.2) is 4.39 Å². The van der Waals surface area contributed by atoms with E-state index in [0.29, 0.717) is 19.3 Å². The number of hydroxylamine groups is 1. The van der Waals surface area contributed by atoms with Crippen molar-refractivity contribution < 1.29 is 23.6 Å². The van der Waals surface area contributed by atoms with E-state index in [1.807, 2.05) is 14.0 Å². The fraction of sp³-hybridized carbons (Fsp3) is 0.895. The van der Waals surface area contributed by atoms with Crippen molar-refractivity contribution in [1.29, 1.82) is 0 Å². The molecule has 28 heavy (non-hydrogen) atoms. The normalized spacial score (nSPS) is 44.4. The van der Waals surface area contributed by atoms with E-state index in [0.717, 1.165) is 19.3 Å². The zero-order valence-corrected chi connectivity index (χ0v) is 17.1. The van der Waals surface area contributed by atoms with E-state index in [9.17, 15) is 14.0 Å². The molecule has 5 aliphatic rings. The molecule has 0 aromatic rings. The second-order valence-electron chi connectivity index (χ2n) is 9.12. The molecule has 158 valence electrons. The number of nitrogens with zero attached hydrogens (tertiary/aromatic N) is 1. The van der Waals surface area contributed by atoms with Crippen LogP contribution in [0.5, 0.6) is 0 Å². The largest absolute Gasteiger partial charge is 0.368 e. The molecule has 0 aromatic carbocycles. The summed E-state index contributed by atoms with van der Waals surface area (Å²) in [6.45, 7) is 1.92. The first-order valence-corrected chi connectivity index (χ1v) is 10.6. The Kier molecular flexibility index (Phi) is 5.35.